The number of aliphatic hydroxyl groups excluding tert-OH is 1. The summed E-state index contributed by atoms with van der Waals surface area (Å²) in [6, 6.07) is 0. The monoisotopic (exact) mass is 119 g/mol. The Morgan fingerprint density at radius 1 is 1.71 bits per heavy atom. The second kappa shape index (κ2) is 2.55. The third-order valence-corrected chi connectivity index (χ3v) is 1.63. The lowest BCUT2D eigenvalue weighted by Gasteiger charge is -2.13. The van der Waals surface area contributed by atoms with Crippen molar-refractivity contribution in [3.05, 3.63) is 6.29 Å². The zero-order valence-electron chi connectivity index (χ0n) is 3.89. The Balaban J connectivity index is 2.12. The molecule has 1 heterocycles. The Labute approximate surface area is 46.9 Å². The molecule has 1 rings (SSSR count). The number of ether oxygens (including phenoxy) is 1. The molecule has 0 bridgehead atoms. The second-order valence-corrected chi connectivity index (χ2v) is 2.40. The minimum atomic E-state index is 0.177. The average molecular weight is 119 g/mol. The largest absolute Gasteiger partial charge is 0.361 e. The summed E-state index contributed by atoms with van der Waals surface area (Å²) in [5, 5.41) is 8.58. The van der Waals surface area contributed by atoms with Crippen LogP contribution in [-0.2, 0) is 4.74 Å². The topological polar surface area (TPSA) is 29.5 Å². The van der Waals surface area contributed by atoms with Crippen molar-refractivity contribution in [3.63, 3.8) is 0 Å². The number of thioether (sulfide) groups is 1. The first-order chi connectivity index (χ1) is 3.39. The van der Waals surface area contributed by atoms with Gasteiger partial charge in [-0.1, -0.05) is 0 Å². The minimum absolute atomic E-state index is 0.177. The van der Waals surface area contributed by atoms with Gasteiger partial charge in [0.05, 0.1) is 12.4 Å². The van der Waals surface area contributed by atoms with Gasteiger partial charge in [-0.25, -0.2) is 0 Å². The third kappa shape index (κ3) is 1.67. The molecule has 2 nitrogen and oxygen atoms in total. The van der Waals surface area contributed by atoms with Crippen molar-refractivity contribution in [1.29, 1.82) is 0 Å². The van der Waals surface area contributed by atoms with Gasteiger partial charge in [0.2, 0.25) is 6.29 Å². The molecule has 1 fully saturated rings. The molecule has 0 unspecified atom stereocenters. The van der Waals surface area contributed by atoms with E-state index in [1.165, 1.54) is 0 Å². The summed E-state index contributed by atoms with van der Waals surface area (Å²) >= 11 is 1.69. The highest BCUT2D eigenvalue weighted by molar-refractivity contribution is 7.99. The van der Waals surface area contributed by atoms with E-state index >= 15 is 0 Å². The highest BCUT2D eigenvalue weighted by Gasteiger charge is 2.10. The van der Waals surface area contributed by atoms with Gasteiger partial charge in [-0.2, -0.15) is 11.8 Å². The van der Waals surface area contributed by atoms with Crippen LogP contribution in [0.25, 0.3) is 0 Å². The van der Waals surface area contributed by atoms with E-state index in [2.05, 4.69) is 0 Å². The van der Waals surface area contributed by atoms with Gasteiger partial charge in [-0.15, -0.1) is 0 Å². The average Bonchev–Trinajstić information content (AvgIpc) is 1.69. The molecule has 1 aliphatic rings. The lowest BCUT2D eigenvalue weighted by atomic mass is 10.7. The predicted octanol–water partition coefficient (Wildman–Crippen LogP) is 0.612. The quantitative estimate of drug-likeness (QED) is 0.506. The van der Waals surface area contributed by atoms with Crippen LogP contribution in [0.15, 0.2) is 0 Å². The SMILES string of the molecule is O[C]1CSCCO1. The third-order valence-electron chi connectivity index (χ3n) is 0.722. The summed E-state index contributed by atoms with van der Waals surface area (Å²) in [5.74, 6) is 1.66. The Morgan fingerprint density at radius 3 is 2.86 bits per heavy atom. The maximum Gasteiger partial charge on any atom is 0.231 e. The van der Waals surface area contributed by atoms with E-state index in [0.717, 1.165) is 5.75 Å². The van der Waals surface area contributed by atoms with Gasteiger partial charge in [-0.05, 0) is 0 Å². The number of rotatable bonds is 0. The van der Waals surface area contributed by atoms with E-state index in [0.29, 0.717) is 12.4 Å². The normalized spacial score (nSPS) is 25.3. The van der Waals surface area contributed by atoms with Crippen LogP contribution in [0.5, 0.6) is 0 Å². The molecular formula is C4H7O2S. The fourth-order valence-corrected chi connectivity index (χ4v) is 1.02. The van der Waals surface area contributed by atoms with Crippen LogP contribution < -0.4 is 0 Å². The van der Waals surface area contributed by atoms with Crippen molar-refractivity contribution in [2.45, 2.75) is 0 Å². The predicted molar refractivity (Wildman–Crippen MR) is 28.5 cm³/mol. The summed E-state index contributed by atoms with van der Waals surface area (Å²) in [6.45, 7) is 0.663. The molecule has 3 heteroatoms. The molecule has 0 atom stereocenters. The van der Waals surface area contributed by atoms with E-state index in [1.54, 1.807) is 11.8 Å². The Morgan fingerprint density at radius 2 is 2.57 bits per heavy atom. The van der Waals surface area contributed by atoms with E-state index < -0.39 is 0 Å². The molecule has 1 saturated heterocycles. The molecule has 1 N–H and O–H groups in total. The van der Waals surface area contributed by atoms with Crippen molar-refractivity contribution in [2.75, 3.05) is 18.1 Å². The number of aliphatic hydroxyl groups is 1. The van der Waals surface area contributed by atoms with E-state index in [9.17, 15) is 0 Å². The highest BCUT2D eigenvalue weighted by atomic mass is 32.2. The lowest BCUT2D eigenvalue weighted by Crippen LogP contribution is -2.13. The van der Waals surface area contributed by atoms with Crippen LogP contribution in [0.1, 0.15) is 0 Å². The van der Waals surface area contributed by atoms with Crippen molar-refractivity contribution in [1.82, 2.24) is 0 Å². The lowest BCUT2D eigenvalue weighted by molar-refractivity contribution is 0.0215. The van der Waals surface area contributed by atoms with Crippen LogP contribution in [0, 0.1) is 6.29 Å². The maximum atomic E-state index is 8.58. The minimum Gasteiger partial charge on any atom is -0.361 e. The van der Waals surface area contributed by atoms with Crippen molar-refractivity contribution in [2.24, 2.45) is 0 Å². The zero-order chi connectivity index (χ0) is 5.11. The molecule has 0 saturated carbocycles. The fraction of sp³-hybridized carbons (Fsp3) is 0.750. The second-order valence-electron chi connectivity index (χ2n) is 1.29. The molecule has 0 amide bonds. The maximum absolute atomic E-state index is 8.58. The fourth-order valence-electron chi connectivity index (χ4n) is 0.420. The van der Waals surface area contributed by atoms with Gasteiger partial charge in [0.15, 0.2) is 0 Å². The van der Waals surface area contributed by atoms with Gasteiger partial charge in [0.25, 0.3) is 0 Å². The summed E-state index contributed by atoms with van der Waals surface area (Å²) in [7, 11) is 0. The van der Waals surface area contributed by atoms with Crippen LogP contribution in [0.3, 0.4) is 0 Å². The Kier molecular flexibility index (Phi) is 1.97. The summed E-state index contributed by atoms with van der Waals surface area (Å²) in [5.41, 5.74) is 0. The molecule has 0 aliphatic carbocycles. The first-order valence-corrected chi connectivity index (χ1v) is 3.30. The van der Waals surface area contributed by atoms with Crippen molar-refractivity contribution >= 4 is 11.8 Å². The molecule has 0 aromatic rings. The first-order valence-electron chi connectivity index (χ1n) is 2.15. The molecule has 1 radical (unpaired) electrons. The van der Waals surface area contributed by atoms with Crippen molar-refractivity contribution < 1.29 is 9.84 Å². The number of hydrogen-bond acceptors (Lipinski definition) is 3. The van der Waals surface area contributed by atoms with Crippen LogP contribution >= 0.6 is 11.8 Å². The van der Waals surface area contributed by atoms with E-state index in [4.69, 9.17) is 9.84 Å². The van der Waals surface area contributed by atoms with E-state index in [-0.39, 0.29) is 6.29 Å². The van der Waals surface area contributed by atoms with Gasteiger partial charge >= 0.3 is 0 Å². The highest BCUT2D eigenvalue weighted by Crippen LogP contribution is 2.14. The summed E-state index contributed by atoms with van der Waals surface area (Å²) in [6.07, 6.45) is 0.177. The molecule has 0 aromatic heterocycles. The van der Waals surface area contributed by atoms with Crippen LogP contribution in [0.4, 0.5) is 0 Å². The van der Waals surface area contributed by atoms with Gasteiger partial charge in [0.1, 0.15) is 0 Å². The van der Waals surface area contributed by atoms with Gasteiger partial charge < -0.3 is 9.84 Å². The van der Waals surface area contributed by atoms with Crippen molar-refractivity contribution in [3.8, 4) is 0 Å². The molecule has 41 valence electrons. The smallest absolute Gasteiger partial charge is 0.231 e. The van der Waals surface area contributed by atoms with E-state index in [1.807, 2.05) is 0 Å². The van der Waals surface area contributed by atoms with Crippen LogP contribution in [-0.4, -0.2) is 23.2 Å². The van der Waals surface area contributed by atoms with Gasteiger partial charge in [-0.3, -0.25) is 0 Å². The zero-order valence-corrected chi connectivity index (χ0v) is 4.70. The Hall–Kier alpha value is 0.270. The molecule has 7 heavy (non-hydrogen) atoms. The Bertz CT molecular complexity index is 51.7. The molecule has 0 spiro atoms. The molecule has 1 aliphatic heterocycles. The molecule has 0 aromatic carbocycles. The summed E-state index contributed by atoms with van der Waals surface area (Å²) < 4.78 is 4.73. The van der Waals surface area contributed by atoms with Crippen LogP contribution in [0.2, 0.25) is 0 Å². The number of hydrogen-bond donors (Lipinski definition) is 1. The standard InChI is InChI=1S/C4H7O2S/c5-4-3-7-2-1-6-4/h5H,1-3H2. The summed E-state index contributed by atoms with van der Waals surface area (Å²) in [4.78, 5) is 0. The first kappa shape index (κ1) is 5.41. The van der Waals surface area contributed by atoms with Gasteiger partial charge in [0, 0.05) is 5.75 Å². The molecular weight excluding hydrogens is 112 g/mol.